The third kappa shape index (κ3) is 5.38. The second-order valence-electron chi connectivity index (χ2n) is 7.17. The summed E-state index contributed by atoms with van der Waals surface area (Å²) >= 11 is 0. The second kappa shape index (κ2) is 10.8. The van der Waals surface area contributed by atoms with Crippen molar-refractivity contribution in [3.05, 3.63) is 32.5 Å². The summed E-state index contributed by atoms with van der Waals surface area (Å²) in [5.41, 5.74) is 0.476. The fourth-order valence-corrected chi connectivity index (χ4v) is 3.02. The SMILES string of the molecule is CCNCCCNc1nc2c(c(=O)n(CC(=O)OCC)c(=O)n2C)n1CC=C(C)C. The minimum atomic E-state index is -0.631. The van der Waals surface area contributed by atoms with Crippen molar-refractivity contribution in [3.8, 4) is 0 Å². The Morgan fingerprint density at radius 2 is 1.90 bits per heavy atom. The highest BCUT2D eigenvalue weighted by Crippen LogP contribution is 2.16. The maximum Gasteiger partial charge on any atom is 0.333 e. The number of carbonyl (C=O) groups excluding carboxylic acids is 1. The van der Waals surface area contributed by atoms with Gasteiger partial charge in [-0.05, 0) is 40.3 Å². The van der Waals surface area contributed by atoms with Crippen LogP contribution in [0.2, 0.25) is 0 Å². The lowest BCUT2D eigenvalue weighted by molar-refractivity contribution is -0.143. The maximum atomic E-state index is 13.2. The van der Waals surface area contributed by atoms with Gasteiger partial charge in [-0.3, -0.25) is 14.2 Å². The van der Waals surface area contributed by atoms with E-state index in [2.05, 4.69) is 15.6 Å². The zero-order valence-electron chi connectivity index (χ0n) is 18.4. The number of allylic oxidation sites excluding steroid dienone is 2. The molecule has 0 spiro atoms. The highest BCUT2D eigenvalue weighted by Gasteiger charge is 2.21. The number of hydrogen-bond donors (Lipinski definition) is 2. The number of aryl methyl sites for hydroxylation is 1. The van der Waals surface area contributed by atoms with E-state index < -0.39 is 23.8 Å². The summed E-state index contributed by atoms with van der Waals surface area (Å²) < 4.78 is 8.85. The summed E-state index contributed by atoms with van der Waals surface area (Å²) in [6.45, 7) is 10.2. The van der Waals surface area contributed by atoms with Gasteiger partial charge in [-0.1, -0.05) is 18.6 Å². The number of aromatic nitrogens is 4. The molecule has 0 saturated heterocycles. The molecular formula is C20H32N6O4. The van der Waals surface area contributed by atoms with E-state index in [9.17, 15) is 14.4 Å². The van der Waals surface area contributed by atoms with Gasteiger partial charge in [0.05, 0.1) is 6.61 Å². The Balaban J connectivity index is 2.55. The van der Waals surface area contributed by atoms with Gasteiger partial charge < -0.3 is 19.9 Å². The summed E-state index contributed by atoms with van der Waals surface area (Å²) in [7, 11) is 1.54. The van der Waals surface area contributed by atoms with E-state index in [0.717, 1.165) is 29.7 Å². The van der Waals surface area contributed by atoms with Crippen molar-refractivity contribution in [2.75, 3.05) is 31.6 Å². The Morgan fingerprint density at radius 1 is 1.17 bits per heavy atom. The number of nitrogens with one attached hydrogen (secondary N) is 2. The Bertz CT molecular complexity index is 1030. The molecule has 0 aliphatic carbocycles. The Labute approximate surface area is 175 Å². The summed E-state index contributed by atoms with van der Waals surface area (Å²) in [5, 5.41) is 6.53. The van der Waals surface area contributed by atoms with E-state index in [4.69, 9.17) is 4.74 Å². The number of imidazole rings is 1. The summed E-state index contributed by atoms with van der Waals surface area (Å²) in [5.74, 6) is -0.117. The lowest BCUT2D eigenvalue weighted by Crippen LogP contribution is -2.41. The molecule has 166 valence electrons. The molecule has 0 aromatic carbocycles. The van der Waals surface area contributed by atoms with Crippen LogP contribution in [0.3, 0.4) is 0 Å². The van der Waals surface area contributed by atoms with E-state index in [0.29, 0.717) is 19.0 Å². The van der Waals surface area contributed by atoms with E-state index in [1.165, 1.54) is 4.57 Å². The van der Waals surface area contributed by atoms with E-state index in [-0.39, 0.29) is 17.8 Å². The summed E-state index contributed by atoms with van der Waals surface area (Å²) in [4.78, 5) is 42.3. The molecule has 0 fully saturated rings. The Hall–Kier alpha value is -2.88. The van der Waals surface area contributed by atoms with Crippen LogP contribution in [0, 0.1) is 0 Å². The number of rotatable bonds is 11. The molecule has 0 amide bonds. The second-order valence-corrected chi connectivity index (χ2v) is 7.17. The van der Waals surface area contributed by atoms with Gasteiger partial charge in [0.1, 0.15) is 6.54 Å². The van der Waals surface area contributed by atoms with Crippen LogP contribution in [0.4, 0.5) is 5.95 Å². The standard InChI is InChI=1S/C20H32N6O4/c1-6-21-10-8-11-22-19-23-17-16(25(19)12-9-14(3)4)18(28)26(20(29)24(17)5)13-15(27)30-7-2/h9,21H,6-8,10-13H2,1-5H3,(H,22,23). The van der Waals surface area contributed by atoms with Crippen LogP contribution >= 0.6 is 0 Å². The lowest BCUT2D eigenvalue weighted by atomic mass is 10.3. The molecule has 10 nitrogen and oxygen atoms in total. The molecule has 0 unspecified atom stereocenters. The molecule has 2 aromatic heterocycles. The molecule has 0 bridgehead atoms. The average molecular weight is 421 g/mol. The number of carbonyl (C=O) groups is 1. The zero-order valence-corrected chi connectivity index (χ0v) is 18.4. The van der Waals surface area contributed by atoms with Crippen LogP contribution in [0.15, 0.2) is 21.2 Å². The molecule has 2 N–H and O–H groups in total. The number of fused-ring (bicyclic) bond motifs is 1. The van der Waals surface area contributed by atoms with E-state index in [1.807, 2.05) is 26.8 Å². The first kappa shape index (κ1) is 23.4. The first-order valence-corrected chi connectivity index (χ1v) is 10.2. The molecule has 2 rings (SSSR count). The molecule has 2 heterocycles. The predicted molar refractivity (Wildman–Crippen MR) is 117 cm³/mol. The normalized spacial score (nSPS) is 11.0. The van der Waals surface area contributed by atoms with Gasteiger partial charge in [0.2, 0.25) is 5.95 Å². The average Bonchev–Trinajstić information content (AvgIpc) is 3.06. The van der Waals surface area contributed by atoms with Crippen LogP contribution in [0.5, 0.6) is 0 Å². The van der Waals surface area contributed by atoms with Crippen LogP contribution in [0.25, 0.3) is 11.2 Å². The number of ether oxygens (including phenoxy) is 1. The van der Waals surface area contributed by atoms with Gasteiger partial charge in [-0.15, -0.1) is 0 Å². The van der Waals surface area contributed by atoms with Crippen molar-refractivity contribution in [1.82, 2.24) is 24.0 Å². The third-order valence-corrected chi connectivity index (χ3v) is 4.57. The van der Waals surface area contributed by atoms with Crippen molar-refractivity contribution in [2.45, 2.75) is 47.2 Å². The lowest BCUT2D eigenvalue weighted by Gasteiger charge is -2.10. The zero-order chi connectivity index (χ0) is 22.3. The Morgan fingerprint density at radius 3 is 2.53 bits per heavy atom. The molecule has 30 heavy (non-hydrogen) atoms. The number of nitrogens with zero attached hydrogens (tertiary/aromatic N) is 4. The van der Waals surface area contributed by atoms with Crippen LogP contribution in [0.1, 0.15) is 34.1 Å². The van der Waals surface area contributed by atoms with Gasteiger partial charge in [-0.25, -0.2) is 9.36 Å². The van der Waals surface area contributed by atoms with Gasteiger partial charge in [0.25, 0.3) is 5.56 Å². The molecule has 10 heteroatoms. The molecule has 0 saturated carbocycles. The minimum Gasteiger partial charge on any atom is -0.465 e. The molecule has 2 aromatic rings. The number of esters is 1. The topological polar surface area (TPSA) is 112 Å². The highest BCUT2D eigenvalue weighted by molar-refractivity contribution is 5.75. The van der Waals surface area contributed by atoms with Gasteiger partial charge in [-0.2, -0.15) is 4.98 Å². The van der Waals surface area contributed by atoms with Crippen LogP contribution in [-0.4, -0.2) is 50.9 Å². The van der Waals surface area contributed by atoms with Crippen LogP contribution in [-0.2, 0) is 29.7 Å². The quantitative estimate of drug-likeness (QED) is 0.315. The third-order valence-electron chi connectivity index (χ3n) is 4.57. The van der Waals surface area contributed by atoms with E-state index in [1.54, 1.807) is 18.5 Å². The van der Waals surface area contributed by atoms with Crippen molar-refractivity contribution < 1.29 is 9.53 Å². The monoisotopic (exact) mass is 420 g/mol. The van der Waals surface area contributed by atoms with Crippen molar-refractivity contribution in [2.24, 2.45) is 7.05 Å². The first-order valence-electron chi connectivity index (χ1n) is 10.2. The number of anilines is 1. The fourth-order valence-electron chi connectivity index (χ4n) is 3.02. The molecule has 0 aliphatic heterocycles. The number of hydrogen-bond acceptors (Lipinski definition) is 7. The molecular weight excluding hydrogens is 388 g/mol. The van der Waals surface area contributed by atoms with Crippen LogP contribution < -0.4 is 21.9 Å². The van der Waals surface area contributed by atoms with Crippen molar-refractivity contribution in [3.63, 3.8) is 0 Å². The van der Waals surface area contributed by atoms with Crippen molar-refractivity contribution in [1.29, 1.82) is 0 Å². The van der Waals surface area contributed by atoms with E-state index >= 15 is 0 Å². The van der Waals surface area contributed by atoms with Gasteiger partial charge in [0.15, 0.2) is 11.2 Å². The molecule has 0 atom stereocenters. The smallest absolute Gasteiger partial charge is 0.333 e. The molecule has 0 aliphatic rings. The van der Waals surface area contributed by atoms with Gasteiger partial charge >= 0.3 is 11.7 Å². The van der Waals surface area contributed by atoms with Gasteiger partial charge in [0, 0.05) is 20.1 Å². The summed E-state index contributed by atoms with van der Waals surface area (Å²) in [6.07, 6.45) is 2.86. The maximum absolute atomic E-state index is 13.2. The minimum absolute atomic E-state index is 0.176. The van der Waals surface area contributed by atoms with Crippen molar-refractivity contribution >= 4 is 23.1 Å². The Kier molecular flexibility index (Phi) is 8.40. The predicted octanol–water partition coefficient (Wildman–Crippen LogP) is 0.838. The molecule has 0 radical (unpaired) electrons. The largest absolute Gasteiger partial charge is 0.465 e. The highest BCUT2D eigenvalue weighted by atomic mass is 16.5. The fraction of sp³-hybridized carbons (Fsp3) is 0.600. The summed E-state index contributed by atoms with van der Waals surface area (Å²) in [6, 6.07) is 0. The first-order chi connectivity index (χ1) is 14.3.